The maximum atomic E-state index is 12.9. The molecule has 29 heavy (non-hydrogen) atoms. The number of hydrogen-bond donors (Lipinski definition) is 1. The van der Waals surface area contributed by atoms with E-state index in [0.717, 1.165) is 27.8 Å². The largest absolute Gasteiger partial charge is 0.480 e. The first-order chi connectivity index (χ1) is 14.0. The molecule has 9 heteroatoms. The van der Waals surface area contributed by atoms with E-state index in [1.165, 1.54) is 11.3 Å². The predicted molar refractivity (Wildman–Crippen MR) is 111 cm³/mol. The summed E-state index contributed by atoms with van der Waals surface area (Å²) in [6.07, 6.45) is 0. The molecular weight excluding hydrogens is 390 g/mol. The predicted octanol–water partition coefficient (Wildman–Crippen LogP) is 2.97. The molecule has 0 aliphatic carbocycles. The van der Waals surface area contributed by atoms with Gasteiger partial charge in [0.1, 0.15) is 17.3 Å². The van der Waals surface area contributed by atoms with Crippen molar-refractivity contribution < 1.29 is 14.3 Å². The lowest BCUT2D eigenvalue weighted by Crippen LogP contribution is -2.24. The molecule has 4 aromatic rings. The van der Waals surface area contributed by atoms with Crippen molar-refractivity contribution in [2.75, 3.05) is 14.2 Å². The van der Waals surface area contributed by atoms with E-state index in [-0.39, 0.29) is 12.5 Å². The van der Waals surface area contributed by atoms with E-state index in [1.807, 2.05) is 42.8 Å². The van der Waals surface area contributed by atoms with E-state index in [1.54, 1.807) is 14.2 Å². The van der Waals surface area contributed by atoms with E-state index in [2.05, 4.69) is 20.3 Å². The van der Waals surface area contributed by atoms with Gasteiger partial charge in [0.2, 0.25) is 5.88 Å². The molecule has 0 saturated carbocycles. The fourth-order valence-corrected chi connectivity index (χ4v) is 4.40. The standard InChI is InChI=1S/C20H21N5O3S/c1-11-16-19(28-4)23-14(10-27-3)24-20(16)29-17(11)18(26)21-9-15-22-12-7-5-6-8-13(12)25(15)2/h5-8H,9-10H2,1-4H3,(H,21,26). The summed E-state index contributed by atoms with van der Waals surface area (Å²) >= 11 is 1.32. The summed E-state index contributed by atoms with van der Waals surface area (Å²) in [7, 11) is 5.08. The van der Waals surface area contributed by atoms with Crippen LogP contribution in [0.5, 0.6) is 5.88 Å². The maximum absolute atomic E-state index is 12.9. The number of thiophene rings is 1. The molecule has 0 saturated heterocycles. The fourth-order valence-electron chi connectivity index (χ4n) is 3.30. The quantitative estimate of drug-likeness (QED) is 0.525. The molecule has 0 fully saturated rings. The number of nitrogens with zero attached hydrogens (tertiary/aromatic N) is 4. The zero-order valence-electron chi connectivity index (χ0n) is 16.6. The van der Waals surface area contributed by atoms with E-state index in [4.69, 9.17) is 9.47 Å². The number of ether oxygens (including phenoxy) is 2. The summed E-state index contributed by atoms with van der Waals surface area (Å²) in [5.41, 5.74) is 2.73. The van der Waals surface area contributed by atoms with Gasteiger partial charge >= 0.3 is 0 Å². The van der Waals surface area contributed by atoms with Crippen LogP contribution in [0.15, 0.2) is 24.3 Å². The van der Waals surface area contributed by atoms with Crippen LogP contribution in [-0.2, 0) is 24.9 Å². The molecule has 1 N–H and O–H groups in total. The minimum absolute atomic E-state index is 0.173. The fraction of sp³-hybridized carbons (Fsp3) is 0.300. The number of hydrogen-bond acceptors (Lipinski definition) is 7. The van der Waals surface area contributed by atoms with Gasteiger partial charge in [0.25, 0.3) is 5.91 Å². The van der Waals surface area contributed by atoms with Crippen molar-refractivity contribution in [3.63, 3.8) is 0 Å². The molecule has 3 heterocycles. The lowest BCUT2D eigenvalue weighted by molar-refractivity contribution is 0.0953. The first-order valence-corrected chi connectivity index (χ1v) is 9.86. The van der Waals surface area contributed by atoms with Crippen molar-refractivity contribution >= 4 is 38.5 Å². The monoisotopic (exact) mass is 411 g/mol. The molecule has 0 atom stereocenters. The van der Waals surface area contributed by atoms with Crippen molar-refractivity contribution in [1.82, 2.24) is 24.8 Å². The summed E-state index contributed by atoms with van der Waals surface area (Å²) in [5, 5.41) is 3.73. The number of fused-ring (bicyclic) bond motifs is 2. The van der Waals surface area contributed by atoms with Crippen LogP contribution < -0.4 is 10.1 Å². The van der Waals surface area contributed by atoms with Gasteiger partial charge in [-0.3, -0.25) is 4.79 Å². The van der Waals surface area contributed by atoms with Gasteiger partial charge < -0.3 is 19.4 Å². The number of imidazole rings is 1. The highest BCUT2D eigenvalue weighted by atomic mass is 32.1. The number of nitrogens with one attached hydrogen (secondary N) is 1. The van der Waals surface area contributed by atoms with Crippen LogP contribution in [-0.4, -0.2) is 39.6 Å². The van der Waals surface area contributed by atoms with E-state index >= 15 is 0 Å². The molecule has 0 aliphatic heterocycles. The van der Waals surface area contributed by atoms with Crippen molar-refractivity contribution in [3.05, 3.63) is 46.4 Å². The highest BCUT2D eigenvalue weighted by Gasteiger charge is 2.21. The molecule has 0 bridgehead atoms. The maximum Gasteiger partial charge on any atom is 0.262 e. The molecule has 1 aromatic carbocycles. The number of benzene rings is 1. The second kappa shape index (κ2) is 7.76. The summed E-state index contributed by atoms with van der Waals surface area (Å²) in [4.78, 5) is 27.7. The Morgan fingerprint density at radius 2 is 2.00 bits per heavy atom. The number of methoxy groups -OCH3 is 2. The van der Waals surface area contributed by atoms with Crippen LogP contribution in [0.1, 0.15) is 26.9 Å². The average Bonchev–Trinajstić information content (AvgIpc) is 3.23. The molecule has 0 unspecified atom stereocenters. The minimum Gasteiger partial charge on any atom is -0.480 e. The number of carbonyl (C=O) groups excluding carboxylic acids is 1. The number of carbonyl (C=O) groups is 1. The van der Waals surface area contributed by atoms with Crippen molar-refractivity contribution in [1.29, 1.82) is 0 Å². The highest BCUT2D eigenvalue weighted by molar-refractivity contribution is 7.20. The summed E-state index contributed by atoms with van der Waals surface area (Å²) in [6.45, 7) is 2.48. The first kappa shape index (κ1) is 19.3. The number of aromatic nitrogens is 4. The Balaban J connectivity index is 1.62. The second-order valence-electron chi connectivity index (χ2n) is 6.58. The molecule has 0 radical (unpaired) electrons. The van der Waals surface area contributed by atoms with Gasteiger partial charge in [-0.2, -0.15) is 4.98 Å². The highest BCUT2D eigenvalue weighted by Crippen LogP contribution is 2.35. The average molecular weight is 411 g/mol. The Labute approximate surface area is 171 Å². The molecule has 150 valence electrons. The number of para-hydroxylation sites is 2. The normalized spacial score (nSPS) is 11.3. The summed E-state index contributed by atoms with van der Waals surface area (Å²) in [6, 6.07) is 7.88. The van der Waals surface area contributed by atoms with Gasteiger partial charge in [0.15, 0.2) is 5.82 Å². The van der Waals surface area contributed by atoms with Crippen LogP contribution in [0.3, 0.4) is 0 Å². The third kappa shape index (κ3) is 3.43. The lowest BCUT2D eigenvalue weighted by atomic mass is 10.2. The molecule has 3 aromatic heterocycles. The topological polar surface area (TPSA) is 91.2 Å². The summed E-state index contributed by atoms with van der Waals surface area (Å²) in [5.74, 6) is 1.58. The second-order valence-corrected chi connectivity index (χ2v) is 7.58. The SMILES string of the molecule is COCc1nc(OC)c2c(C)c(C(=O)NCc3nc4ccccc4n3C)sc2n1. The molecule has 1 amide bonds. The van der Waals surface area contributed by atoms with Crippen molar-refractivity contribution in [2.45, 2.75) is 20.1 Å². The van der Waals surface area contributed by atoms with Crippen LogP contribution in [0.4, 0.5) is 0 Å². The van der Waals surface area contributed by atoms with Gasteiger partial charge in [0.05, 0.1) is 35.0 Å². The molecule has 0 spiro atoms. The summed E-state index contributed by atoms with van der Waals surface area (Å²) < 4.78 is 12.5. The van der Waals surface area contributed by atoms with Gasteiger partial charge in [-0.15, -0.1) is 11.3 Å². The third-order valence-corrected chi connectivity index (χ3v) is 5.95. The molecule has 0 aliphatic rings. The Kier molecular flexibility index (Phi) is 5.16. The van der Waals surface area contributed by atoms with Gasteiger partial charge in [-0.25, -0.2) is 9.97 Å². The van der Waals surface area contributed by atoms with Crippen LogP contribution in [0.25, 0.3) is 21.3 Å². The Morgan fingerprint density at radius 1 is 1.21 bits per heavy atom. The van der Waals surface area contributed by atoms with Crippen molar-refractivity contribution in [3.8, 4) is 5.88 Å². The Morgan fingerprint density at radius 3 is 2.72 bits per heavy atom. The Hall–Kier alpha value is -3.04. The van der Waals surface area contributed by atoms with Gasteiger partial charge in [-0.05, 0) is 24.6 Å². The number of aryl methyl sites for hydroxylation is 2. The number of amides is 1. The molecule has 4 rings (SSSR count). The van der Waals surface area contributed by atoms with Crippen LogP contribution >= 0.6 is 11.3 Å². The zero-order valence-corrected chi connectivity index (χ0v) is 17.5. The van der Waals surface area contributed by atoms with E-state index in [0.29, 0.717) is 28.0 Å². The third-order valence-electron chi connectivity index (χ3n) is 4.76. The van der Waals surface area contributed by atoms with Gasteiger partial charge in [0, 0.05) is 14.2 Å². The minimum atomic E-state index is -0.173. The first-order valence-electron chi connectivity index (χ1n) is 9.05. The van der Waals surface area contributed by atoms with E-state index in [9.17, 15) is 4.79 Å². The lowest BCUT2D eigenvalue weighted by Gasteiger charge is -2.06. The van der Waals surface area contributed by atoms with Crippen LogP contribution in [0, 0.1) is 6.92 Å². The zero-order chi connectivity index (χ0) is 20.5. The van der Waals surface area contributed by atoms with Crippen molar-refractivity contribution in [2.24, 2.45) is 7.05 Å². The van der Waals surface area contributed by atoms with Gasteiger partial charge in [-0.1, -0.05) is 12.1 Å². The van der Waals surface area contributed by atoms with E-state index < -0.39 is 0 Å². The Bertz CT molecular complexity index is 1210. The number of rotatable bonds is 6. The molecule has 8 nitrogen and oxygen atoms in total. The molecular formula is C20H21N5O3S. The van der Waals surface area contributed by atoms with Crippen LogP contribution in [0.2, 0.25) is 0 Å². The smallest absolute Gasteiger partial charge is 0.262 e.